The average molecular weight is 419 g/mol. The Morgan fingerprint density at radius 2 is 1.50 bits per heavy atom. The number of carbonyl (C=O) groups excluding carboxylic acids is 3. The van der Waals surface area contributed by atoms with Crippen molar-refractivity contribution in [2.45, 2.75) is 104 Å². The van der Waals surface area contributed by atoms with E-state index in [1.165, 1.54) is 26.7 Å². The topological polar surface area (TPSA) is 69.7 Å². The van der Waals surface area contributed by atoms with Crippen molar-refractivity contribution < 1.29 is 23.9 Å². The van der Waals surface area contributed by atoms with Gasteiger partial charge in [0.1, 0.15) is 6.10 Å². The molecule has 0 N–H and O–H groups in total. The van der Waals surface area contributed by atoms with Gasteiger partial charge in [-0.2, -0.15) is 0 Å². The molecule has 0 radical (unpaired) electrons. The van der Waals surface area contributed by atoms with Crippen LogP contribution in [0.5, 0.6) is 0 Å². The highest BCUT2D eigenvalue weighted by Gasteiger charge is 2.68. The van der Waals surface area contributed by atoms with Gasteiger partial charge in [-0.05, 0) is 93.8 Å². The lowest BCUT2D eigenvalue weighted by Gasteiger charge is -2.61. The van der Waals surface area contributed by atoms with Crippen LogP contribution in [0.1, 0.15) is 92.4 Å². The van der Waals surface area contributed by atoms with E-state index < -0.39 is 5.60 Å². The summed E-state index contributed by atoms with van der Waals surface area (Å²) in [6.45, 7) is 9.24. The van der Waals surface area contributed by atoms with Crippen LogP contribution in [0.4, 0.5) is 0 Å². The number of fused-ring (bicyclic) bond motifs is 5. The summed E-state index contributed by atoms with van der Waals surface area (Å²) in [5, 5.41) is 0. The number of rotatable bonds is 3. The van der Waals surface area contributed by atoms with E-state index in [0.29, 0.717) is 30.1 Å². The minimum absolute atomic E-state index is 0.0166. The summed E-state index contributed by atoms with van der Waals surface area (Å²) in [5.74, 6) is 1.79. The van der Waals surface area contributed by atoms with Crippen LogP contribution < -0.4 is 0 Å². The summed E-state index contributed by atoms with van der Waals surface area (Å²) in [6, 6.07) is 0. The largest absolute Gasteiger partial charge is 0.463 e. The lowest BCUT2D eigenvalue weighted by atomic mass is 9.44. The molecule has 0 saturated heterocycles. The fourth-order valence-electron chi connectivity index (χ4n) is 8.62. The number of esters is 2. The van der Waals surface area contributed by atoms with Crippen molar-refractivity contribution in [1.82, 2.24) is 0 Å². The smallest absolute Gasteiger partial charge is 0.303 e. The predicted molar refractivity (Wildman–Crippen MR) is 112 cm³/mol. The summed E-state index contributed by atoms with van der Waals surface area (Å²) in [5.41, 5.74) is -0.924. The summed E-state index contributed by atoms with van der Waals surface area (Å²) < 4.78 is 11.4. The van der Waals surface area contributed by atoms with E-state index in [4.69, 9.17) is 9.47 Å². The van der Waals surface area contributed by atoms with Gasteiger partial charge < -0.3 is 9.47 Å². The van der Waals surface area contributed by atoms with Crippen molar-refractivity contribution in [2.24, 2.45) is 34.5 Å². The molecule has 5 nitrogen and oxygen atoms in total. The zero-order valence-corrected chi connectivity index (χ0v) is 19.3. The first kappa shape index (κ1) is 21.8. The van der Waals surface area contributed by atoms with Crippen LogP contribution in [0.15, 0.2) is 0 Å². The third kappa shape index (κ3) is 3.05. The van der Waals surface area contributed by atoms with Crippen LogP contribution >= 0.6 is 0 Å². The van der Waals surface area contributed by atoms with Gasteiger partial charge in [-0.15, -0.1) is 0 Å². The van der Waals surface area contributed by atoms with Crippen molar-refractivity contribution in [3.63, 3.8) is 0 Å². The molecule has 30 heavy (non-hydrogen) atoms. The highest BCUT2D eigenvalue weighted by Crippen LogP contribution is 2.69. The monoisotopic (exact) mass is 418 g/mol. The molecule has 0 amide bonds. The average Bonchev–Trinajstić information content (AvgIpc) is 2.94. The molecule has 0 spiro atoms. The molecule has 0 aromatic carbocycles. The number of carbonyl (C=O) groups is 3. The third-order valence-corrected chi connectivity index (χ3v) is 9.96. The van der Waals surface area contributed by atoms with E-state index in [1.807, 2.05) is 0 Å². The van der Waals surface area contributed by atoms with E-state index in [-0.39, 0.29) is 34.7 Å². The van der Waals surface area contributed by atoms with Crippen LogP contribution in [0.3, 0.4) is 0 Å². The second kappa shape index (κ2) is 7.34. The molecule has 0 heterocycles. The maximum Gasteiger partial charge on any atom is 0.303 e. The van der Waals surface area contributed by atoms with E-state index in [2.05, 4.69) is 13.8 Å². The Bertz CT molecular complexity index is 746. The van der Waals surface area contributed by atoms with Gasteiger partial charge in [0, 0.05) is 19.3 Å². The molecule has 0 aromatic rings. The Morgan fingerprint density at radius 1 is 0.800 bits per heavy atom. The first-order valence-electron chi connectivity index (χ1n) is 11.9. The van der Waals surface area contributed by atoms with Gasteiger partial charge in [0.2, 0.25) is 0 Å². The number of ether oxygens (including phenoxy) is 2. The van der Waals surface area contributed by atoms with E-state index in [1.54, 1.807) is 6.92 Å². The molecule has 0 bridgehead atoms. The van der Waals surface area contributed by atoms with Gasteiger partial charge in [-0.1, -0.05) is 13.8 Å². The van der Waals surface area contributed by atoms with Crippen LogP contribution in [-0.2, 0) is 23.9 Å². The molecule has 8 atom stereocenters. The maximum atomic E-state index is 12.8. The minimum atomic E-state index is -0.945. The SMILES string of the molecule is CC(=O)OC1CCC2(C)C(CCC3C2CCC2(C)C3CCC2(OC(C)=O)C(C)=O)C1. The van der Waals surface area contributed by atoms with Gasteiger partial charge in [0.25, 0.3) is 0 Å². The molecule has 168 valence electrons. The second-order valence-corrected chi connectivity index (χ2v) is 11.1. The Balaban J connectivity index is 1.59. The molecule has 4 fully saturated rings. The Kier molecular flexibility index (Phi) is 5.34. The lowest BCUT2D eigenvalue weighted by molar-refractivity contribution is -0.193. The summed E-state index contributed by atoms with van der Waals surface area (Å²) in [6.07, 6.45) is 9.17. The van der Waals surface area contributed by atoms with Crippen LogP contribution in [-0.4, -0.2) is 29.4 Å². The predicted octanol–water partition coefficient (Wildman–Crippen LogP) is 4.85. The van der Waals surface area contributed by atoms with Crippen molar-refractivity contribution in [2.75, 3.05) is 0 Å². The highest BCUT2D eigenvalue weighted by atomic mass is 16.6. The molecule has 5 heteroatoms. The molecule has 4 aliphatic rings. The molecule has 0 aliphatic heterocycles. The van der Waals surface area contributed by atoms with Gasteiger partial charge in [0.15, 0.2) is 11.4 Å². The van der Waals surface area contributed by atoms with E-state index in [9.17, 15) is 14.4 Å². The molecule has 0 aromatic heterocycles. The van der Waals surface area contributed by atoms with E-state index in [0.717, 1.165) is 38.5 Å². The molecular formula is C25H38O5. The van der Waals surface area contributed by atoms with Gasteiger partial charge in [-0.25, -0.2) is 0 Å². The Morgan fingerprint density at radius 3 is 2.13 bits per heavy atom. The van der Waals surface area contributed by atoms with Gasteiger partial charge in [0.05, 0.1) is 0 Å². The lowest BCUT2D eigenvalue weighted by Crippen LogP contribution is -2.59. The number of ketones is 1. The molecule has 8 unspecified atom stereocenters. The first-order valence-corrected chi connectivity index (χ1v) is 11.9. The Labute approximate surface area is 180 Å². The fourth-order valence-corrected chi connectivity index (χ4v) is 8.62. The maximum absolute atomic E-state index is 12.8. The number of hydrogen-bond acceptors (Lipinski definition) is 5. The first-order chi connectivity index (χ1) is 14.0. The normalized spacial score (nSPS) is 47.4. The molecular weight excluding hydrogens is 380 g/mol. The second-order valence-electron chi connectivity index (χ2n) is 11.1. The fraction of sp³-hybridized carbons (Fsp3) is 0.880. The third-order valence-electron chi connectivity index (χ3n) is 9.96. The standard InChI is InChI=1S/C25H38O5/c1-15(26)25(30-17(3)28)13-10-22-20-7-6-18-14-19(29-16(2)27)8-11-23(18,4)21(20)9-12-24(22,25)5/h18-22H,6-14H2,1-5H3. The minimum Gasteiger partial charge on any atom is -0.463 e. The van der Waals surface area contributed by atoms with Crippen molar-refractivity contribution in [3.8, 4) is 0 Å². The molecule has 4 saturated carbocycles. The zero-order valence-electron chi connectivity index (χ0n) is 19.3. The van der Waals surface area contributed by atoms with Crippen molar-refractivity contribution in [3.05, 3.63) is 0 Å². The summed E-state index contributed by atoms with van der Waals surface area (Å²) in [4.78, 5) is 36.2. The number of hydrogen-bond donors (Lipinski definition) is 0. The quantitative estimate of drug-likeness (QED) is 0.613. The summed E-state index contributed by atoms with van der Waals surface area (Å²) in [7, 11) is 0. The van der Waals surface area contributed by atoms with Crippen LogP contribution in [0.25, 0.3) is 0 Å². The summed E-state index contributed by atoms with van der Waals surface area (Å²) >= 11 is 0. The Hall–Kier alpha value is -1.39. The van der Waals surface area contributed by atoms with Crippen LogP contribution in [0, 0.1) is 34.5 Å². The number of Topliss-reactive ketones (excluding diaryl/α,β-unsaturated/α-hetero) is 1. The highest BCUT2D eigenvalue weighted by molar-refractivity contribution is 5.89. The molecule has 4 aliphatic carbocycles. The van der Waals surface area contributed by atoms with Gasteiger partial charge >= 0.3 is 11.9 Å². The van der Waals surface area contributed by atoms with Gasteiger partial charge in [-0.3, -0.25) is 14.4 Å². The van der Waals surface area contributed by atoms with Crippen molar-refractivity contribution in [1.29, 1.82) is 0 Å². The molecule has 4 rings (SSSR count). The van der Waals surface area contributed by atoms with E-state index >= 15 is 0 Å². The zero-order chi connectivity index (χ0) is 21.9. The van der Waals surface area contributed by atoms with Crippen molar-refractivity contribution >= 4 is 17.7 Å². The van der Waals surface area contributed by atoms with Crippen LogP contribution in [0.2, 0.25) is 0 Å².